The fraction of sp³-hybridized carbons (Fsp3) is 0.462. The molecule has 0 aromatic heterocycles. The highest BCUT2D eigenvalue weighted by Crippen LogP contribution is 2.14. The summed E-state index contributed by atoms with van der Waals surface area (Å²) in [4.78, 5) is 13.6. The van der Waals surface area contributed by atoms with Gasteiger partial charge in [-0.3, -0.25) is 4.79 Å². The molecule has 2 rings (SSSR count). The maximum atomic E-state index is 13.1. The van der Waals surface area contributed by atoms with Crippen LogP contribution in [0, 0.1) is 5.82 Å². The molecule has 0 radical (unpaired) electrons. The zero-order chi connectivity index (χ0) is 13.0. The van der Waals surface area contributed by atoms with Crippen molar-refractivity contribution in [1.82, 2.24) is 10.2 Å². The van der Waals surface area contributed by atoms with Gasteiger partial charge < -0.3 is 10.2 Å². The van der Waals surface area contributed by atoms with Gasteiger partial charge >= 0.3 is 0 Å². The van der Waals surface area contributed by atoms with E-state index in [1.54, 1.807) is 0 Å². The Labute approximate surface area is 114 Å². The molecule has 0 unspecified atom stereocenters. The fourth-order valence-electron chi connectivity index (χ4n) is 2.11. The van der Waals surface area contributed by atoms with Crippen LogP contribution in [0.5, 0.6) is 0 Å². The molecule has 1 aliphatic rings. The number of hydrogen-bond donors (Lipinski definition) is 1. The molecule has 0 spiro atoms. The molecule has 1 heterocycles. The standard InChI is InChI=1S/C13H16BrFN2O/c14-11-5-10(6-12(15)7-11)8-16-9-13(18)17-3-1-2-4-17/h5-7,16H,1-4,8-9H2. The van der Waals surface area contributed by atoms with E-state index in [4.69, 9.17) is 0 Å². The lowest BCUT2D eigenvalue weighted by atomic mass is 10.2. The fourth-order valence-corrected chi connectivity index (χ4v) is 2.62. The number of carbonyl (C=O) groups is 1. The summed E-state index contributed by atoms with van der Waals surface area (Å²) in [5.74, 6) is -0.144. The summed E-state index contributed by atoms with van der Waals surface area (Å²) < 4.78 is 13.8. The Morgan fingerprint density at radius 2 is 2.06 bits per heavy atom. The van der Waals surface area contributed by atoms with Crippen LogP contribution in [0.4, 0.5) is 4.39 Å². The van der Waals surface area contributed by atoms with Crippen molar-refractivity contribution in [2.75, 3.05) is 19.6 Å². The molecule has 5 heteroatoms. The number of likely N-dealkylation sites (tertiary alicyclic amines) is 1. The van der Waals surface area contributed by atoms with Gasteiger partial charge in [0.05, 0.1) is 6.54 Å². The molecule has 0 atom stereocenters. The van der Waals surface area contributed by atoms with E-state index in [9.17, 15) is 9.18 Å². The minimum Gasteiger partial charge on any atom is -0.342 e. The predicted molar refractivity (Wildman–Crippen MR) is 71.6 cm³/mol. The van der Waals surface area contributed by atoms with Crippen LogP contribution >= 0.6 is 15.9 Å². The summed E-state index contributed by atoms with van der Waals surface area (Å²) in [6.45, 7) is 2.54. The Kier molecular flexibility index (Phi) is 4.72. The summed E-state index contributed by atoms with van der Waals surface area (Å²) in [5.41, 5.74) is 0.830. The quantitative estimate of drug-likeness (QED) is 0.925. The lowest BCUT2D eigenvalue weighted by molar-refractivity contribution is -0.129. The number of halogens is 2. The lowest BCUT2D eigenvalue weighted by Gasteiger charge is -2.15. The Hall–Kier alpha value is -0.940. The van der Waals surface area contributed by atoms with Gasteiger partial charge in [0, 0.05) is 24.1 Å². The summed E-state index contributed by atoms with van der Waals surface area (Å²) in [6.07, 6.45) is 2.20. The minimum absolute atomic E-state index is 0.128. The van der Waals surface area contributed by atoms with Gasteiger partial charge in [0.25, 0.3) is 0 Å². The molecule has 18 heavy (non-hydrogen) atoms. The van der Waals surface area contributed by atoms with Gasteiger partial charge in [0.15, 0.2) is 0 Å². The Balaban J connectivity index is 1.79. The largest absolute Gasteiger partial charge is 0.342 e. The summed E-state index contributed by atoms with van der Waals surface area (Å²) in [7, 11) is 0. The van der Waals surface area contributed by atoms with Crippen LogP contribution in [0.25, 0.3) is 0 Å². The van der Waals surface area contributed by atoms with Crippen LogP contribution in [0.1, 0.15) is 18.4 Å². The molecular formula is C13H16BrFN2O. The van der Waals surface area contributed by atoms with Crippen molar-refractivity contribution in [2.45, 2.75) is 19.4 Å². The van der Waals surface area contributed by atoms with Crippen LogP contribution in [0.3, 0.4) is 0 Å². The van der Waals surface area contributed by atoms with Crippen molar-refractivity contribution in [3.8, 4) is 0 Å². The summed E-state index contributed by atoms with van der Waals surface area (Å²) in [5, 5.41) is 3.05. The zero-order valence-corrected chi connectivity index (χ0v) is 11.7. The highest BCUT2D eigenvalue weighted by Gasteiger charge is 2.16. The molecular weight excluding hydrogens is 299 g/mol. The first-order valence-corrected chi connectivity index (χ1v) is 6.88. The summed E-state index contributed by atoms with van der Waals surface area (Å²) >= 11 is 3.24. The molecule has 1 aromatic carbocycles. The molecule has 0 saturated carbocycles. The Morgan fingerprint density at radius 1 is 1.33 bits per heavy atom. The number of rotatable bonds is 4. The van der Waals surface area contributed by atoms with Gasteiger partial charge in [-0.15, -0.1) is 0 Å². The molecule has 1 N–H and O–H groups in total. The molecule has 1 amide bonds. The van der Waals surface area contributed by atoms with Crippen LogP contribution in [0.15, 0.2) is 22.7 Å². The number of hydrogen-bond acceptors (Lipinski definition) is 2. The first kappa shape index (κ1) is 13.5. The van der Waals surface area contributed by atoms with Crippen molar-refractivity contribution in [2.24, 2.45) is 0 Å². The zero-order valence-electron chi connectivity index (χ0n) is 10.1. The third-order valence-corrected chi connectivity index (χ3v) is 3.44. The number of benzene rings is 1. The maximum absolute atomic E-state index is 13.1. The van der Waals surface area contributed by atoms with Gasteiger partial charge in [-0.1, -0.05) is 15.9 Å². The van der Waals surface area contributed by atoms with Gasteiger partial charge in [0.2, 0.25) is 5.91 Å². The molecule has 0 aliphatic carbocycles. The van der Waals surface area contributed by atoms with E-state index in [0.717, 1.165) is 31.5 Å². The smallest absolute Gasteiger partial charge is 0.236 e. The van der Waals surface area contributed by atoms with Gasteiger partial charge in [-0.2, -0.15) is 0 Å². The molecule has 98 valence electrons. The van der Waals surface area contributed by atoms with E-state index < -0.39 is 0 Å². The van der Waals surface area contributed by atoms with Gasteiger partial charge in [-0.25, -0.2) is 4.39 Å². The molecule has 1 aromatic rings. The van der Waals surface area contributed by atoms with E-state index in [2.05, 4.69) is 21.2 Å². The first-order valence-electron chi connectivity index (χ1n) is 6.08. The van der Waals surface area contributed by atoms with E-state index in [1.807, 2.05) is 11.0 Å². The third kappa shape index (κ3) is 3.78. The van der Waals surface area contributed by atoms with Crippen LogP contribution in [0.2, 0.25) is 0 Å². The lowest BCUT2D eigenvalue weighted by Crippen LogP contribution is -2.35. The van der Waals surface area contributed by atoms with E-state index in [-0.39, 0.29) is 11.7 Å². The highest BCUT2D eigenvalue weighted by molar-refractivity contribution is 9.10. The average molecular weight is 315 g/mol. The Morgan fingerprint density at radius 3 is 2.72 bits per heavy atom. The highest BCUT2D eigenvalue weighted by atomic mass is 79.9. The molecule has 1 fully saturated rings. The van der Waals surface area contributed by atoms with Crippen LogP contribution < -0.4 is 5.32 Å². The van der Waals surface area contributed by atoms with Gasteiger partial charge in [-0.05, 0) is 36.6 Å². The van der Waals surface area contributed by atoms with Crippen molar-refractivity contribution in [3.05, 3.63) is 34.1 Å². The molecule has 1 aliphatic heterocycles. The predicted octanol–water partition coefficient (Wildman–Crippen LogP) is 2.30. The SMILES string of the molecule is O=C(CNCc1cc(F)cc(Br)c1)N1CCCC1. The molecule has 3 nitrogen and oxygen atoms in total. The molecule has 1 saturated heterocycles. The number of nitrogens with zero attached hydrogens (tertiary/aromatic N) is 1. The topological polar surface area (TPSA) is 32.3 Å². The van der Waals surface area contributed by atoms with Gasteiger partial charge in [0.1, 0.15) is 5.82 Å². The van der Waals surface area contributed by atoms with Crippen molar-refractivity contribution < 1.29 is 9.18 Å². The maximum Gasteiger partial charge on any atom is 0.236 e. The van der Waals surface area contributed by atoms with Crippen molar-refractivity contribution in [3.63, 3.8) is 0 Å². The monoisotopic (exact) mass is 314 g/mol. The first-order chi connectivity index (χ1) is 8.65. The second-order valence-corrected chi connectivity index (χ2v) is 5.38. The average Bonchev–Trinajstić information content (AvgIpc) is 2.80. The number of nitrogens with one attached hydrogen (secondary N) is 1. The second kappa shape index (κ2) is 6.29. The second-order valence-electron chi connectivity index (χ2n) is 4.47. The number of amides is 1. The van der Waals surface area contributed by atoms with E-state index in [1.165, 1.54) is 12.1 Å². The minimum atomic E-state index is -0.271. The van der Waals surface area contributed by atoms with Crippen molar-refractivity contribution >= 4 is 21.8 Å². The Bertz CT molecular complexity index is 413. The van der Waals surface area contributed by atoms with Crippen molar-refractivity contribution in [1.29, 1.82) is 0 Å². The van der Waals surface area contributed by atoms with E-state index >= 15 is 0 Å². The van der Waals surface area contributed by atoms with Crippen LogP contribution in [-0.2, 0) is 11.3 Å². The molecule has 0 bridgehead atoms. The summed E-state index contributed by atoms with van der Waals surface area (Å²) in [6, 6.07) is 4.73. The van der Waals surface area contributed by atoms with Crippen LogP contribution in [-0.4, -0.2) is 30.4 Å². The number of carbonyl (C=O) groups excluding carboxylic acids is 1. The van der Waals surface area contributed by atoms with E-state index in [0.29, 0.717) is 17.6 Å². The normalized spacial score (nSPS) is 15.1. The third-order valence-electron chi connectivity index (χ3n) is 2.99.